The van der Waals surface area contributed by atoms with Crippen molar-refractivity contribution in [2.24, 2.45) is 0 Å². The lowest BCUT2D eigenvalue weighted by Gasteiger charge is -2.10. The van der Waals surface area contributed by atoms with Crippen LogP contribution in [0.15, 0.2) is 104 Å². The molecule has 0 aliphatic heterocycles. The summed E-state index contributed by atoms with van der Waals surface area (Å²) < 4.78 is 7.33. The van der Waals surface area contributed by atoms with Gasteiger partial charge in [-0.25, -0.2) is 4.68 Å². The SMILES string of the molecule is O=C(Nc1cc(Oc2cncc(Cl)c2)cc([N+](=O)[O-])c1)c1cn(-c2ccccc2)nc1-c1ccccc1. The van der Waals surface area contributed by atoms with Crippen LogP contribution in [0.4, 0.5) is 11.4 Å². The van der Waals surface area contributed by atoms with Gasteiger partial charge in [0.15, 0.2) is 0 Å². The third-order valence-electron chi connectivity index (χ3n) is 5.30. The van der Waals surface area contributed by atoms with Gasteiger partial charge in [-0.15, -0.1) is 0 Å². The molecule has 9 nitrogen and oxygen atoms in total. The Morgan fingerprint density at radius 3 is 2.38 bits per heavy atom. The average molecular weight is 512 g/mol. The number of amides is 1. The minimum Gasteiger partial charge on any atom is -0.455 e. The van der Waals surface area contributed by atoms with E-state index in [2.05, 4.69) is 15.4 Å². The fraction of sp³-hybridized carbons (Fsp3) is 0. The minimum absolute atomic E-state index is 0.136. The summed E-state index contributed by atoms with van der Waals surface area (Å²) in [5, 5.41) is 19.3. The van der Waals surface area contributed by atoms with Crippen LogP contribution in [0.25, 0.3) is 16.9 Å². The molecule has 182 valence electrons. The smallest absolute Gasteiger partial charge is 0.275 e. The summed E-state index contributed by atoms with van der Waals surface area (Å²) in [6, 6.07) is 24.2. The molecule has 0 saturated carbocycles. The Kier molecular flexibility index (Phi) is 6.60. The van der Waals surface area contributed by atoms with Crippen molar-refractivity contribution in [2.75, 3.05) is 5.32 Å². The van der Waals surface area contributed by atoms with Gasteiger partial charge in [0.1, 0.15) is 17.2 Å². The molecule has 1 amide bonds. The van der Waals surface area contributed by atoms with Gasteiger partial charge in [0.2, 0.25) is 0 Å². The fourth-order valence-corrected chi connectivity index (χ4v) is 3.83. The molecule has 5 aromatic rings. The van der Waals surface area contributed by atoms with E-state index in [9.17, 15) is 14.9 Å². The number of nitro benzene ring substituents is 1. The number of para-hydroxylation sites is 1. The second-order valence-electron chi connectivity index (χ2n) is 7.91. The molecule has 0 aliphatic carbocycles. The number of ether oxygens (including phenoxy) is 1. The maximum atomic E-state index is 13.4. The number of halogens is 1. The van der Waals surface area contributed by atoms with Crippen molar-refractivity contribution in [2.45, 2.75) is 0 Å². The van der Waals surface area contributed by atoms with E-state index in [-0.39, 0.29) is 17.1 Å². The number of hydrogen-bond donors (Lipinski definition) is 1. The fourth-order valence-electron chi connectivity index (χ4n) is 3.66. The number of rotatable bonds is 7. The Morgan fingerprint density at radius 2 is 1.68 bits per heavy atom. The van der Waals surface area contributed by atoms with Crippen LogP contribution < -0.4 is 10.1 Å². The van der Waals surface area contributed by atoms with Crippen molar-refractivity contribution < 1.29 is 14.5 Å². The van der Waals surface area contributed by atoms with Crippen LogP contribution in [-0.2, 0) is 0 Å². The standard InChI is InChI=1S/C27H18ClN5O4/c28-19-11-24(16-29-15-19)37-23-13-20(12-22(14-23)33(35)36)30-27(34)25-17-32(21-9-5-2-6-10-21)31-26(25)18-7-3-1-4-8-18/h1-17H,(H,30,34). The van der Waals surface area contributed by atoms with Crippen LogP contribution >= 0.6 is 11.6 Å². The van der Waals surface area contributed by atoms with Gasteiger partial charge < -0.3 is 10.1 Å². The van der Waals surface area contributed by atoms with E-state index in [1.165, 1.54) is 36.7 Å². The van der Waals surface area contributed by atoms with E-state index in [1.54, 1.807) is 10.9 Å². The number of pyridine rings is 1. The van der Waals surface area contributed by atoms with Crippen molar-refractivity contribution in [3.63, 3.8) is 0 Å². The van der Waals surface area contributed by atoms with Gasteiger partial charge in [0.05, 0.1) is 39.1 Å². The first-order valence-corrected chi connectivity index (χ1v) is 11.4. The molecule has 10 heteroatoms. The van der Waals surface area contributed by atoms with Gasteiger partial charge in [-0.05, 0) is 12.1 Å². The van der Waals surface area contributed by atoms with Gasteiger partial charge >= 0.3 is 0 Å². The Morgan fingerprint density at radius 1 is 0.946 bits per heavy atom. The first-order valence-electron chi connectivity index (χ1n) is 11.1. The molecule has 0 fully saturated rings. The van der Waals surface area contributed by atoms with Crippen LogP contribution in [0, 0.1) is 10.1 Å². The quantitative estimate of drug-likeness (QED) is 0.196. The minimum atomic E-state index is -0.568. The average Bonchev–Trinajstić information content (AvgIpc) is 3.35. The van der Waals surface area contributed by atoms with Crippen LogP contribution in [0.2, 0.25) is 5.02 Å². The first-order chi connectivity index (χ1) is 18.0. The summed E-state index contributed by atoms with van der Waals surface area (Å²) in [6.07, 6.45) is 4.49. The number of nitrogens with zero attached hydrogens (tertiary/aromatic N) is 4. The van der Waals surface area contributed by atoms with Gasteiger partial charge in [-0.3, -0.25) is 19.9 Å². The normalized spacial score (nSPS) is 10.6. The molecule has 2 heterocycles. The molecule has 3 aromatic carbocycles. The number of carbonyl (C=O) groups excluding carboxylic acids is 1. The molecule has 0 aliphatic rings. The Balaban J connectivity index is 1.50. The summed E-state index contributed by atoms with van der Waals surface area (Å²) in [6.45, 7) is 0. The summed E-state index contributed by atoms with van der Waals surface area (Å²) in [5.41, 5.74) is 2.21. The Bertz CT molecular complexity index is 1590. The maximum absolute atomic E-state index is 13.4. The molecule has 0 bridgehead atoms. The maximum Gasteiger partial charge on any atom is 0.275 e. The van der Waals surface area contributed by atoms with E-state index >= 15 is 0 Å². The van der Waals surface area contributed by atoms with E-state index < -0.39 is 10.8 Å². The summed E-state index contributed by atoms with van der Waals surface area (Å²) >= 11 is 5.96. The van der Waals surface area contributed by atoms with E-state index in [0.717, 1.165) is 11.3 Å². The highest BCUT2D eigenvalue weighted by molar-refractivity contribution is 6.30. The van der Waals surface area contributed by atoms with Crippen molar-refractivity contribution in [1.82, 2.24) is 14.8 Å². The number of non-ortho nitro benzene ring substituents is 1. The second-order valence-corrected chi connectivity index (χ2v) is 8.34. The second kappa shape index (κ2) is 10.3. The van der Waals surface area contributed by atoms with E-state index in [4.69, 9.17) is 16.3 Å². The number of benzene rings is 3. The predicted octanol–water partition coefficient (Wildman–Crippen LogP) is 6.54. The third-order valence-corrected chi connectivity index (χ3v) is 5.51. The van der Waals surface area contributed by atoms with Crippen molar-refractivity contribution >= 4 is 28.9 Å². The third kappa shape index (κ3) is 5.47. The lowest BCUT2D eigenvalue weighted by molar-refractivity contribution is -0.384. The highest BCUT2D eigenvalue weighted by Crippen LogP contribution is 2.31. The lowest BCUT2D eigenvalue weighted by Crippen LogP contribution is -2.12. The lowest BCUT2D eigenvalue weighted by atomic mass is 10.1. The zero-order valence-corrected chi connectivity index (χ0v) is 19.9. The van der Waals surface area contributed by atoms with Crippen molar-refractivity contribution in [3.05, 3.63) is 124 Å². The monoisotopic (exact) mass is 511 g/mol. The molecular weight excluding hydrogens is 494 g/mol. The van der Waals surface area contributed by atoms with Gasteiger partial charge in [-0.2, -0.15) is 5.10 Å². The molecule has 0 atom stereocenters. The van der Waals surface area contributed by atoms with Crippen LogP contribution in [0.3, 0.4) is 0 Å². The number of nitrogens with one attached hydrogen (secondary N) is 1. The predicted molar refractivity (Wildman–Crippen MR) is 139 cm³/mol. The Hall–Kier alpha value is -5.02. The zero-order chi connectivity index (χ0) is 25.8. The molecular formula is C27H18ClN5O4. The zero-order valence-electron chi connectivity index (χ0n) is 19.1. The molecule has 2 aromatic heterocycles. The topological polar surface area (TPSA) is 112 Å². The van der Waals surface area contributed by atoms with Crippen LogP contribution in [0.1, 0.15) is 10.4 Å². The Labute approximate surface area is 216 Å². The number of nitro groups is 1. The number of anilines is 1. The molecule has 37 heavy (non-hydrogen) atoms. The molecule has 1 N–H and O–H groups in total. The van der Waals surface area contributed by atoms with Crippen molar-refractivity contribution in [3.8, 4) is 28.4 Å². The molecule has 0 saturated heterocycles. The van der Waals surface area contributed by atoms with E-state index in [1.807, 2.05) is 60.7 Å². The highest BCUT2D eigenvalue weighted by atomic mass is 35.5. The summed E-state index contributed by atoms with van der Waals surface area (Å²) in [4.78, 5) is 28.4. The van der Waals surface area contributed by atoms with Gasteiger partial charge in [-0.1, -0.05) is 60.1 Å². The number of hydrogen-bond acceptors (Lipinski definition) is 6. The van der Waals surface area contributed by atoms with Gasteiger partial charge in [0.25, 0.3) is 11.6 Å². The summed E-state index contributed by atoms with van der Waals surface area (Å²) in [5.74, 6) is -0.0606. The highest BCUT2D eigenvalue weighted by Gasteiger charge is 2.20. The molecule has 0 radical (unpaired) electrons. The molecule has 5 rings (SSSR count). The number of carbonyl (C=O) groups is 1. The number of aromatic nitrogens is 3. The van der Waals surface area contributed by atoms with Crippen molar-refractivity contribution in [1.29, 1.82) is 0 Å². The largest absolute Gasteiger partial charge is 0.455 e. The first kappa shape index (κ1) is 23.7. The molecule has 0 unspecified atom stereocenters. The van der Waals surface area contributed by atoms with Crippen LogP contribution in [0.5, 0.6) is 11.5 Å². The molecule has 0 spiro atoms. The van der Waals surface area contributed by atoms with Gasteiger partial charge in [0, 0.05) is 36.2 Å². The van der Waals surface area contributed by atoms with E-state index in [0.29, 0.717) is 22.0 Å². The van der Waals surface area contributed by atoms with Crippen LogP contribution in [-0.4, -0.2) is 25.6 Å². The summed E-state index contributed by atoms with van der Waals surface area (Å²) in [7, 11) is 0.